The Balaban J connectivity index is 2.30. The molecule has 122 valence electrons. The molecule has 0 aliphatic rings. The molecule has 0 spiro atoms. The highest BCUT2D eigenvalue weighted by Gasteiger charge is 2.26. The zero-order chi connectivity index (χ0) is 17.3. The first-order valence-corrected chi connectivity index (χ1v) is 8.46. The van der Waals surface area contributed by atoms with E-state index in [-0.39, 0.29) is 11.5 Å². The number of carbonyl (C=O) groups is 1. The average Bonchev–Trinajstić information content (AvgIpc) is 2.97. The zero-order valence-electron chi connectivity index (χ0n) is 13.4. The Morgan fingerprint density at radius 2 is 1.71 bits per heavy atom. The molecule has 0 aliphatic carbocycles. The standard InChI is InChI=1S/C19H17BrN2O2/c1-12(2)18-16(19(23)24)17(13-8-10-14(20)11-9-13)21-22(18)15-6-4-3-5-7-15/h3-12H,1-2H3,(H,23,24). The average molecular weight is 385 g/mol. The molecule has 1 heterocycles. The van der Waals surface area contributed by atoms with Crippen molar-refractivity contribution in [2.75, 3.05) is 0 Å². The Bertz CT molecular complexity index is 868. The van der Waals surface area contributed by atoms with Crippen molar-refractivity contribution >= 4 is 21.9 Å². The van der Waals surface area contributed by atoms with E-state index in [4.69, 9.17) is 0 Å². The lowest BCUT2D eigenvalue weighted by Crippen LogP contribution is -2.08. The number of benzene rings is 2. The Hall–Kier alpha value is -2.40. The van der Waals surface area contributed by atoms with Crippen LogP contribution < -0.4 is 0 Å². The summed E-state index contributed by atoms with van der Waals surface area (Å²) in [6.07, 6.45) is 0. The molecule has 0 aliphatic heterocycles. The Morgan fingerprint density at radius 1 is 1.08 bits per heavy atom. The van der Waals surface area contributed by atoms with Crippen LogP contribution in [0.5, 0.6) is 0 Å². The number of para-hydroxylation sites is 1. The lowest BCUT2D eigenvalue weighted by molar-refractivity contribution is 0.0696. The van der Waals surface area contributed by atoms with Crippen molar-refractivity contribution < 1.29 is 9.90 Å². The summed E-state index contributed by atoms with van der Waals surface area (Å²) in [6, 6.07) is 17.1. The van der Waals surface area contributed by atoms with E-state index in [1.165, 1.54) is 0 Å². The molecule has 4 nitrogen and oxygen atoms in total. The van der Waals surface area contributed by atoms with Gasteiger partial charge in [0.15, 0.2) is 0 Å². The number of aromatic carboxylic acids is 1. The predicted molar refractivity (Wildman–Crippen MR) is 97.7 cm³/mol. The molecule has 3 rings (SSSR count). The number of aromatic nitrogens is 2. The number of rotatable bonds is 4. The van der Waals surface area contributed by atoms with E-state index in [2.05, 4.69) is 21.0 Å². The fourth-order valence-electron chi connectivity index (χ4n) is 2.75. The second-order valence-electron chi connectivity index (χ2n) is 5.82. The third-order valence-electron chi connectivity index (χ3n) is 3.80. The van der Waals surface area contributed by atoms with Gasteiger partial charge in [-0.2, -0.15) is 5.10 Å². The SMILES string of the molecule is CC(C)c1c(C(=O)O)c(-c2ccc(Br)cc2)nn1-c1ccccc1. The van der Waals surface area contributed by atoms with E-state index in [0.717, 1.165) is 15.7 Å². The Labute approximate surface area is 148 Å². The lowest BCUT2D eigenvalue weighted by atomic mass is 10.00. The predicted octanol–water partition coefficient (Wildman–Crippen LogP) is 5.12. The van der Waals surface area contributed by atoms with Crippen molar-refractivity contribution in [1.82, 2.24) is 9.78 Å². The molecule has 0 radical (unpaired) electrons. The van der Waals surface area contributed by atoms with Crippen molar-refractivity contribution in [3.8, 4) is 16.9 Å². The summed E-state index contributed by atoms with van der Waals surface area (Å²) in [5.74, 6) is -0.938. The van der Waals surface area contributed by atoms with Crippen LogP contribution in [0.3, 0.4) is 0 Å². The van der Waals surface area contributed by atoms with E-state index in [9.17, 15) is 9.90 Å². The summed E-state index contributed by atoms with van der Waals surface area (Å²) in [6.45, 7) is 3.96. The molecule has 0 bridgehead atoms. The molecule has 1 N–H and O–H groups in total. The number of carboxylic acids is 1. The topological polar surface area (TPSA) is 55.1 Å². The van der Waals surface area contributed by atoms with Gasteiger partial charge in [-0.3, -0.25) is 0 Å². The van der Waals surface area contributed by atoms with Gasteiger partial charge in [-0.05, 0) is 30.2 Å². The highest BCUT2D eigenvalue weighted by atomic mass is 79.9. The first kappa shape index (κ1) is 16.5. The third kappa shape index (κ3) is 2.99. The smallest absolute Gasteiger partial charge is 0.339 e. The minimum Gasteiger partial charge on any atom is -0.478 e. The van der Waals surface area contributed by atoms with Gasteiger partial charge in [-0.15, -0.1) is 0 Å². The molecule has 24 heavy (non-hydrogen) atoms. The fraction of sp³-hybridized carbons (Fsp3) is 0.158. The van der Waals surface area contributed by atoms with E-state index >= 15 is 0 Å². The summed E-state index contributed by atoms with van der Waals surface area (Å²) in [5, 5.41) is 14.5. The van der Waals surface area contributed by atoms with Gasteiger partial charge in [0.1, 0.15) is 11.3 Å². The number of halogens is 1. The highest BCUT2D eigenvalue weighted by Crippen LogP contribution is 2.32. The van der Waals surface area contributed by atoms with E-state index in [0.29, 0.717) is 11.4 Å². The third-order valence-corrected chi connectivity index (χ3v) is 4.33. The maximum Gasteiger partial charge on any atom is 0.339 e. The first-order chi connectivity index (χ1) is 11.5. The van der Waals surface area contributed by atoms with E-state index in [1.807, 2.05) is 68.4 Å². The van der Waals surface area contributed by atoms with Crippen LogP contribution in [0.25, 0.3) is 16.9 Å². The first-order valence-electron chi connectivity index (χ1n) is 7.66. The summed E-state index contributed by atoms with van der Waals surface area (Å²) < 4.78 is 2.68. The van der Waals surface area contributed by atoms with Gasteiger partial charge in [-0.25, -0.2) is 9.48 Å². The molecular weight excluding hydrogens is 368 g/mol. The second kappa shape index (κ2) is 6.61. The summed E-state index contributed by atoms with van der Waals surface area (Å²) >= 11 is 3.40. The normalized spacial score (nSPS) is 11.0. The maximum atomic E-state index is 12.0. The zero-order valence-corrected chi connectivity index (χ0v) is 15.0. The molecule has 0 saturated carbocycles. The minimum absolute atomic E-state index is 0.0213. The van der Waals surface area contributed by atoms with Gasteiger partial charge in [-0.1, -0.05) is 60.1 Å². The maximum absolute atomic E-state index is 12.0. The van der Waals surface area contributed by atoms with E-state index < -0.39 is 5.97 Å². The lowest BCUT2D eigenvalue weighted by Gasteiger charge is -2.11. The van der Waals surface area contributed by atoms with Crippen LogP contribution in [-0.2, 0) is 0 Å². The molecule has 1 aromatic heterocycles. The van der Waals surface area contributed by atoms with Crippen molar-refractivity contribution in [2.24, 2.45) is 0 Å². The number of hydrogen-bond acceptors (Lipinski definition) is 2. The molecule has 0 atom stereocenters. The number of nitrogens with zero attached hydrogens (tertiary/aromatic N) is 2. The minimum atomic E-state index is -0.959. The number of hydrogen-bond donors (Lipinski definition) is 1. The number of carboxylic acid groups (broad SMARTS) is 1. The van der Waals surface area contributed by atoms with Gasteiger partial charge in [0.05, 0.1) is 11.4 Å². The fourth-order valence-corrected chi connectivity index (χ4v) is 3.02. The highest BCUT2D eigenvalue weighted by molar-refractivity contribution is 9.10. The van der Waals surface area contributed by atoms with Crippen LogP contribution in [-0.4, -0.2) is 20.9 Å². The quantitative estimate of drug-likeness (QED) is 0.678. The Morgan fingerprint density at radius 3 is 2.25 bits per heavy atom. The van der Waals surface area contributed by atoms with Crippen molar-refractivity contribution in [1.29, 1.82) is 0 Å². The van der Waals surface area contributed by atoms with Crippen LogP contribution in [0.4, 0.5) is 0 Å². The van der Waals surface area contributed by atoms with Crippen LogP contribution in [0.2, 0.25) is 0 Å². The molecule has 0 saturated heterocycles. The second-order valence-corrected chi connectivity index (χ2v) is 6.74. The summed E-state index contributed by atoms with van der Waals surface area (Å²) in [4.78, 5) is 12.0. The molecule has 5 heteroatoms. The van der Waals surface area contributed by atoms with Gasteiger partial charge in [0.2, 0.25) is 0 Å². The van der Waals surface area contributed by atoms with E-state index in [1.54, 1.807) is 4.68 Å². The van der Waals surface area contributed by atoms with Crippen molar-refractivity contribution in [2.45, 2.75) is 19.8 Å². The molecule has 0 amide bonds. The molecule has 0 fully saturated rings. The van der Waals surface area contributed by atoms with Crippen LogP contribution >= 0.6 is 15.9 Å². The summed E-state index contributed by atoms with van der Waals surface area (Å²) in [7, 11) is 0. The van der Waals surface area contributed by atoms with Crippen LogP contribution in [0.1, 0.15) is 35.8 Å². The van der Waals surface area contributed by atoms with Crippen molar-refractivity contribution in [3.63, 3.8) is 0 Å². The van der Waals surface area contributed by atoms with Gasteiger partial charge in [0.25, 0.3) is 0 Å². The van der Waals surface area contributed by atoms with Crippen LogP contribution in [0, 0.1) is 0 Å². The molecule has 2 aromatic carbocycles. The van der Waals surface area contributed by atoms with Gasteiger partial charge in [0, 0.05) is 10.0 Å². The van der Waals surface area contributed by atoms with Crippen molar-refractivity contribution in [3.05, 3.63) is 70.3 Å². The Kier molecular flexibility index (Phi) is 4.53. The molecular formula is C19H17BrN2O2. The monoisotopic (exact) mass is 384 g/mol. The van der Waals surface area contributed by atoms with Crippen LogP contribution in [0.15, 0.2) is 59.1 Å². The van der Waals surface area contributed by atoms with Gasteiger partial charge < -0.3 is 5.11 Å². The summed E-state index contributed by atoms with van der Waals surface area (Å²) in [5.41, 5.74) is 3.09. The molecule has 0 unspecified atom stereocenters. The largest absolute Gasteiger partial charge is 0.478 e. The van der Waals surface area contributed by atoms with Gasteiger partial charge >= 0.3 is 5.97 Å². The molecule has 3 aromatic rings.